The van der Waals surface area contributed by atoms with Crippen molar-refractivity contribution in [3.05, 3.63) is 46.2 Å². The van der Waals surface area contributed by atoms with Gasteiger partial charge in [-0.3, -0.25) is 0 Å². The molecule has 0 amide bonds. The summed E-state index contributed by atoms with van der Waals surface area (Å²) >= 11 is 3.28. The van der Waals surface area contributed by atoms with Crippen molar-refractivity contribution in [1.82, 2.24) is 4.90 Å². The van der Waals surface area contributed by atoms with E-state index in [9.17, 15) is 4.39 Å². The normalized spacial score (nSPS) is 19.6. The third-order valence-electron chi connectivity index (χ3n) is 5.75. The molecule has 0 radical (unpaired) electrons. The van der Waals surface area contributed by atoms with Crippen LogP contribution in [0.15, 0.2) is 39.8 Å². The van der Waals surface area contributed by atoms with Gasteiger partial charge in [0.1, 0.15) is 12.0 Å². The molecule has 1 atom stereocenters. The smallest absolute Gasteiger partial charge is 0.163 e. The number of fused-ring (bicyclic) bond motifs is 1. The van der Waals surface area contributed by atoms with E-state index in [-0.39, 0.29) is 5.82 Å². The molecule has 1 unspecified atom stereocenters. The fraction of sp³-hybridized carbons (Fsp3) is 0.409. The lowest BCUT2D eigenvalue weighted by molar-refractivity contribution is 0.157. The van der Waals surface area contributed by atoms with Crippen LogP contribution in [0.2, 0.25) is 0 Å². The van der Waals surface area contributed by atoms with Gasteiger partial charge in [-0.25, -0.2) is 9.38 Å². The summed E-state index contributed by atoms with van der Waals surface area (Å²) in [6.07, 6.45) is 3.22. The van der Waals surface area contributed by atoms with Crippen LogP contribution in [0.1, 0.15) is 24.6 Å². The molecule has 2 aliphatic rings. The van der Waals surface area contributed by atoms with E-state index in [0.29, 0.717) is 39.9 Å². The van der Waals surface area contributed by atoms with Gasteiger partial charge in [0.05, 0.1) is 31.4 Å². The average molecular weight is 477 g/mol. The van der Waals surface area contributed by atoms with Crippen molar-refractivity contribution in [1.29, 1.82) is 0 Å². The van der Waals surface area contributed by atoms with E-state index < -0.39 is 6.17 Å². The van der Waals surface area contributed by atoms with E-state index >= 15 is 0 Å². The van der Waals surface area contributed by atoms with Crippen LogP contribution >= 0.6 is 15.9 Å². The van der Waals surface area contributed by atoms with Crippen molar-refractivity contribution in [3.8, 4) is 11.5 Å². The Balaban J connectivity index is 1.55. The fourth-order valence-electron chi connectivity index (χ4n) is 3.87. The van der Waals surface area contributed by atoms with Gasteiger partial charge in [0.2, 0.25) is 0 Å². The molecule has 8 heteroatoms. The average Bonchev–Trinajstić information content (AvgIpc) is 2.74. The molecule has 0 bridgehead atoms. The van der Waals surface area contributed by atoms with Crippen LogP contribution < -0.4 is 20.1 Å². The molecule has 4 rings (SSSR count). The summed E-state index contributed by atoms with van der Waals surface area (Å²) < 4.78 is 26.8. The minimum Gasteiger partial charge on any atom is -0.493 e. The van der Waals surface area contributed by atoms with Crippen LogP contribution in [0.4, 0.5) is 15.8 Å². The van der Waals surface area contributed by atoms with E-state index in [0.717, 1.165) is 31.5 Å². The molecule has 2 heterocycles. The zero-order chi connectivity index (χ0) is 21.3. The fourth-order valence-corrected chi connectivity index (χ4v) is 4.20. The summed E-state index contributed by atoms with van der Waals surface area (Å²) in [5.41, 5.74) is 8.28. The molecule has 160 valence electrons. The van der Waals surface area contributed by atoms with Crippen LogP contribution in [0.25, 0.3) is 0 Å². The Hall–Kier alpha value is -2.16. The summed E-state index contributed by atoms with van der Waals surface area (Å²) in [5.74, 6) is 1.41. The molecule has 2 N–H and O–H groups in total. The Morgan fingerprint density at radius 3 is 2.67 bits per heavy atom. The van der Waals surface area contributed by atoms with Gasteiger partial charge in [-0.2, -0.15) is 0 Å². The van der Waals surface area contributed by atoms with Crippen molar-refractivity contribution in [2.24, 2.45) is 16.6 Å². The van der Waals surface area contributed by atoms with Crippen LogP contribution in [0.5, 0.6) is 11.5 Å². The number of likely N-dealkylation sites (tertiary alicyclic amines) is 1. The maximum Gasteiger partial charge on any atom is 0.163 e. The summed E-state index contributed by atoms with van der Waals surface area (Å²) in [5, 5.41) is 0. The predicted molar refractivity (Wildman–Crippen MR) is 120 cm³/mol. The highest BCUT2D eigenvalue weighted by Crippen LogP contribution is 2.41. The first kappa shape index (κ1) is 21.1. The third kappa shape index (κ3) is 4.31. The van der Waals surface area contributed by atoms with Crippen LogP contribution in [0, 0.1) is 11.7 Å². The molecule has 0 spiro atoms. The first-order valence-corrected chi connectivity index (χ1v) is 10.8. The molecule has 2 aromatic carbocycles. The SMILES string of the molecule is COc1cc2c(cc1OCC1CCN(C)CC1)N=CN(c1ccc(Br)cc1F)C2N. The number of benzene rings is 2. The lowest BCUT2D eigenvalue weighted by Gasteiger charge is -2.32. The zero-order valence-electron chi connectivity index (χ0n) is 17.1. The molecule has 1 fully saturated rings. The minimum absolute atomic E-state index is 0.363. The van der Waals surface area contributed by atoms with Crippen LogP contribution in [-0.2, 0) is 0 Å². The second-order valence-corrected chi connectivity index (χ2v) is 8.73. The number of methoxy groups -OCH3 is 1. The van der Waals surface area contributed by atoms with Gasteiger partial charge in [0.15, 0.2) is 11.5 Å². The molecular formula is C22H26BrFN4O2. The molecule has 0 aliphatic carbocycles. The molecule has 2 aromatic rings. The van der Waals surface area contributed by atoms with E-state index in [2.05, 4.69) is 32.9 Å². The minimum atomic E-state index is -0.593. The topological polar surface area (TPSA) is 63.3 Å². The van der Waals surface area contributed by atoms with Gasteiger partial charge in [0, 0.05) is 16.1 Å². The number of halogens is 2. The number of anilines is 1. The maximum atomic E-state index is 14.5. The summed E-state index contributed by atoms with van der Waals surface area (Å²) in [7, 11) is 3.75. The number of nitrogens with two attached hydrogens (primary N) is 1. The Bertz CT molecular complexity index is 947. The quantitative estimate of drug-likeness (QED) is 0.690. The first-order valence-electron chi connectivity index (χ1n) is 10.0. The van der Waals surface area contributed by atoms with E-state index in [1.165, 1.54) is 6.07 Å². The van der Waals surface area contributed by atoms with Crippen molar-refractivity contribution < 1.29 is 13.9 Å². The number of piperidine rings is 1. The predicted octanol–water partition coefficient (Wildman–Crippen LogP) is 4.45. The molecule has 6 nitrogen and oxygen atoms in total. The Kier molecular flexibility index (Phi) is 6.26. The molecule has 1 saturated heterocycles. The first-order chi connectivity index (χ1) is 14.5. The van der Waals surface area contributed by atoms with E-state index in [1.54, 1.807) is 30.5 Å². The van der Waals surface area contributed by atoms with Gasteiger partial charge in [-0.1, -0.05) is 15.9 Å². The highest BCUT2D eigenvalue weighted by molar-refractivity contribution is 9.10. The highest BCUT2D eigenvalue weighted by Gasteiger charge is 2.27. The molecule has 30 heavy (non-hydrogen) atoms. The van der Waals surface area contributed by atoms with Gasteiger partial charge in [0.25, 0.3) is 0 Å². The van der Waals surface area contributed by atoms with Gasteiger partial charge in [-0.15, -0.1) is 0 Å². The van der Waals surface area contributed by atoms with E-state index in [4.69, 9.17) is 15.2 Å². The second kappa shape index (κ2) is 8.91. The Morgan fingerprint density at radius 1 is 1.20 bits per heavy atom. The summed E-state index contributed by atoms with van der Waals surface area (Å²) in [6, 6.07) is 8.55. The lowest BCUT2D eigenvalue weighted by Crippen LogP contribution is -2.36. The molecule has 0 aromatic heterocycles. The van der Waals surface area contributed by atoms with Crippen molar-refractivity contribution in [3.63, 3.8) is 0 Å². The zero-order valence-corrected chi connectivity index (χ0v) is 18.7. The summed E-state index contributed by atoms with van der Waals surface area (Å²) in [6.45, 7) is 2.84. The van der Waals surface area contributed by atoms with Crippen molar-refractivity contribution in [2.45, 2.75) is 19.0 Å². The van der Waals surface area contributed by atoms with Gasteiger partial charge < -0.3 is 25.0 Å². The van der Waals surface area contributed by atoms with Crippen LogP contribution in [-0.4, -0.2) is 45.1 Å². The number of hydrogen-bond acceptors (Lipinski definition) is 6. The third-order valence-corrected chi connectivity index (χ3v) is 6.25. The van der Waals surface area contributed by atoms with Crippen LogP contribution in [0.3, 0.4) is 0 Å². The van der Waals surface area contributed by atoms with Crippen molar-refractivity contribution in [2.75, 3.05) is 38.8 Å². The Labute approximate surface area is 184 Å². The highest BCUT2D eigenvalue weighted by atomic mass is 79.9. The Morgan fingerprint density at radius 2 is 1.97 bits per heavy atom. The number of ether oxygens (including phenoxy) is 2. The molecular weight excluding hydrogens is 451 g/mol. The number of rotatable bonds is 5. The summed E-state index contributed by atoms with van der Waals surface area (Å²) in [4.78, 5) is 8.46. The monoisotopic (exact) mass is 476 g/mol. The van der Waals surface area contributed by atoms with Crippen molar-refractivity contribution >= 4 is 33.6 Å². The van der Waals surface area contributed by atoms with E-state index in [1.807, 2.05) is 12.1 Å². The number of nitrogens with zero attached hydrogens (tertiary/aromatic N) is 3. The van der Waals surface area contributed by atoms with Gasteiger partial charge in [-0.05, 0) is 63.2 Å². The number of hydrogen-bond donors (Lipinski definition) is 1. The van der Waals surface area contributed by atoms with Gasteiger partial charge >= 0.3 is 0 Å². The largest absolute Gasteiger partial charge is 0.493 e. The lowest BCUT2D eigenvalue weighted by atomic mass is 9.98. The molecule has 0 saturated carbocycles. The standard InChI is InChI=1S/C22H26BrFN4O2/c1-27-7-5-14(6-8-27)12-30-21-11-18-16(10-20(21)29-2)22(25)28(13-26-18)19-4-3-15(23)9-17(19)24/h3-4,9-11,13-14,22H,5-8,12,25H2,1-2H3. The second-order valence-electron chi connectivity index (χ2n) is 7.81. The number of aliphatic imine (C=N–C) groups is 1. The maximum absolute atomic E-state index is 14.5. The molecule has 2 aliphatic heterocycles.